The lowest BCUT2D eigenvalue weighted by atomic mass is 9.96. The number of hydrogen-bond donors (Lipinski definition) is 1. The molecule has 10 heteroatoms. The van der Waals surface area contributed by atoms with Gasteiger partial charge in [-0.3, -0.25) is 10.1 Å². The number of benzene rings is 1. The molecule has 2 aliphatic rings. The molecule has 180 valence electrons. The van der Waals surface area contributed by atoms with E-state index in [0.29, 0.717) is 37.2 Å². The van der Waals surface area contributed by atoms with Gasteiger partial charge in [0.2, 0.25) is 10.0 Å². The lowest BCUT2D eigenvalue weighted by Gasteiger charge is -2.32. The lowest BCUT2D eigenvalue weighted by Crippen LogP contribution is -2.39. The molecule has 2 saturated heterocycles. The predicted octanol–water partition coefficient (Wildman–Crippen LogP) is 2.70. The van der Waals surface area contributed by atoms with Crippen LogP contribution in [0.15, 0.2) is 23.1 Å². The second-order valence-corrected chi connectivity index (χ2v) is 11.5. The van der Waals surface area contributed by atoms with Gasteiger partial charge in [-0.2, -0.15) is 4.31 Å². The number of nitrogens with zero attached hydrogens (tertiary/aromatic N) is 4. The number of rotatable bonds is 9. The first-order chi connectivity index (χ1) is 15.2. The van der Waals surface area contributed by atoms with E-state index in [-0.39, 0.29) is 10.6 Å². The summed E-state index contributed by atoms with van der Waals surface area (Å²) in [6.45, 7) is 7.78. The zero-order valence-electron chi connectivity index (χ0n) is 19.5. The van der Waals surface area contributed by atoms with Crippen molar-refractivity contribution >= 4 is 21.4 Å². The molecular weight excluding hydrogens is 430 g/mol. The van der Waals surface area contributed by atoms with E-state index in [1.807, 2.05) is 6.92 Å². The minimum Gasteiger partial charge on any atom is -0.379 e. The van der Waals surface area contributed by atoms with Crippen molar-refractivity contribution in [3.05, 3.63) is 28.3 Å². The van der Waals surface area contributed by atoms with E-state index in [2.05, 4.69) is 29.2 Å². The molecule has 32 heavy (non-hydrogen) atoms. The Hall–Kier alpha value is -1.75. The van der Waals surface area contributed by atoms with Crippen molar-refractivity contribution in [2.75, 3.05) is 65.2 Å². The van der Waals surface area contributed by atoms with Crippen LogP contribution in [0.25, 0.3) is 0 Å². The largest absolute Gasteiger partial charge is 0.379 e. The number of nitrogens with one attached hydrogen (secondary N) is 1. The van der Waals surface area contributed by atoms with E-state index >= 15 is 0 Å². The lowest BCUT2D eigenvalue weighted by molar-refractivity contribution is -0.384. The van der Waals surface area contributed by atoms with Crippen LogP contribution in [-0.4, -0.2) is 87.4 Å². The van der Waals surface area contributed by atoms with Gasteiger partial charge in [-0.15, -0.1) is 0 Å². The van der Waals surface area contributed by atoms with Crippen LogP contribution in [0, 0.1) is 22.0 Å². The Labute approximate surface area is 192 Å². The molecule has 1 aromatic carbocycles. The molecule has 1 atom stereocenters. The first-order valence-corrected chi connectivity index (χ1v) is 13.0. The van der Waals surface area contributed by atoms with Crippen LogP contribution in [0.5, 0.6) is 0 Å². The van der Waals surface area contributed by atoms with E-state index < -0.39 is 14.9 Å². The van der Waals surface area contributed by atoms with E-state index in [0.717, 1.165) is 51.9 Å². The summed E-state index contributed by atoms with van der Waals surface area (Å²) in [7, 11) is 0.424. The topological polar surface area (TPSA) is 99.0 Å². The number of anilines is 1. The molecule has 0 amide bonds. The van der Waals surface area contributed by atoms with Crippen molar-refractivity contribution in [3.63, 3.8) is 0 Å². The average molecular weight is 468 g/mol. The summed E-state index contributed by atoms with van der Waals surface area (Å²) in [5, 5.41) is 14.9. The Morgan fingerprint density at radius 3 is 2.53 bits per heavy atom. The fourth-order valence-corrected chi connectivity index (χ4v) is 6.11. The van der Waals surface area contributed by atoms with Crippen LogP contribution in [-0.2, 0) is 10.0 Å². The zero-order chi connectivity index (χ0) is 23.3. The summed E-state index contributed by atoms with van der Waals surface area (Å²) in [5.41, 5.74) is 0.204. The van der Waals surface area contributed by atoms with Gasteiger partial charge in [-0.25, -0.2) is 8.42 Å². The number of piperidine rings is 2. The van der Waals surface area contributed by atoms with Gasteiger partial charge in [0.05, 0.1) is 9.82 Å². The maximum absolute atomic E-state index is 13.0. The highest BCUT2D eigenvalue weighted by Crippen LogP contribution is 2.31. The Morgan fingerprint density at radius 2 is 1.91 bits per heavy atom. The van der Waals surface area contributed by atoms with Crippen molar-refractivity contribution in [3.8, 4) is 0 Å². The molecule has 0 spiro atoms. The number of likely N-dealkylation sites (N-methyl/N-ethyl adjacent to an activating group) is 1. The quantitative estimate of drug-likeness (QED) is 0.440. The molecule has 0 unspecified atom stereocenters. The Morgan fingerprint density at radius 1 is 1.19 bits per heavy atom. The number of nitro benzene ring substituents is 1. The van der Waals surface area contributed by atoms with Crippen molar-refractivity contribution in [2.45, 2.75) is 37.5 Å². The molecule has 9 nitrogen and oxygen atoms in total. The van der Waals surface area contributed by atoms with Crippen LogP contribution < -0.4 is 5.32 Å². The van der Waals surface area contributed by atoms with Gasteiger partial charge in [0.1, 0.15) is 5.69 Å². The Balaban J connectivity index is 1.62. The van der Waals surface area contributed by atoms with Gasteiger partial charge < -0.3 is 15.1 Å². The van der Waals surface area contributed by atoms with Crippen molar-refractivity contribution in [2.24, 2.45) is 11.8 Å². The summed E-state index contributed by atoms with van der Waals surface area (Å²) in [6.07, 6.45) is 3.92. The van der Waals surface area contributed by atoms with Crippen molar-refractivity contribution in [1.29, 1.82) is 0 Å². The standard InChI is InChI=1S/C22H37N5O4S/c1-18-5-4-10-26(17-18)32(30,31)20-6-7-21(22(15-20)27(28)29)23-16-19-8-11-25(12-9-19)14-13-24(2)3/h6-7,15,18-19,23H,4-5,8-14,16-17H2,1-3H3/t18-/m0/s1. The fraction of sp³-hybridized carbons (Fsp3) is 0.727. The third-order valence-electron chi connectivity index (χ3n) is 6.58. The zero-order valence-corrected chi connectivity index (χ0v) is 20.3. The molecule has 0 radical (unpaired) electrons. The Bertz CT molecular complexity index is 884. The first kappa shape index (κ1) is 24.9. The van der Waals surface area contributed by atoms with Crippen LogP contribution in [0.3, 0.4) is 0 Å². The highest BCUT2D eigenvalue weighted by molar-refractivity contribution is 7.89. The smallest absolute Gasteiger partial charge is 0.293 e. The normalized spacial score (nSPS) is 21.7. The van der Waals surface area contributed by atoms with Crippen LogP contribution in [0.2, 0.25) is 0 Å². The molecule has 2 fully saturated rings. The van der Waals surface area contributed by atoms with E-state index in [1.165, 1.54) is 16.4 Å². The first-order valence-electron chi connectivity index (χ1n) is 11.6. The molecule has 3 rings (SSSR count). The highest BCUT2D eigenvalue weighted by atomic mass is 32.2. The molecule has 1 N–H and O–H groups in total. The van der Waals surface area contributed by atoms with Crippen molar-refractivity contribution in [1.82, 2.24) is 14.1 Å². The number of sulfonamides is 1. The highest BCUT2D eigenvalue weighted by Gasteiger charge is 2.30. The minimum atomic E-state index is -3.73. The average Bonchev–Trinajstić information content (AvgIpc) is 2.76. The van der Waals surface area contributed by atoms with Crippen LogP contribution in [0.1, 0.15) is 32.6 Å². The Kier molecular flexibility index (Phi) is 8.49. The number of nitro groups is 1. The monoisotopic (exact) mass is 467 g/mol. The molecule has 1 aromatic rings. The van der Waals surface area contributed by atoms with Crippen LogP contribution in [0.4, 0.5) is 11.4 Å². The van der Waals surface area contributed by atoms with Gasteiger partial charge in [0.15, 0.2) is 0 Å². The van der Waals surface area contributed by atoms with E-state index in [4.69, 9.17) is 0 Å². The van der Waals surface area contributed by atoms with Gasteiger partial charge >= 0.3 is 0 Å². The van der Waals surface area contributed by atoms with E-state index in [9.17, 15) is 18.5 Å². The van der Waals surface area contributed by atoms with Crippen LogP contribution >= 0.6 is 0 Å². The van der Waals surface area contributed by atoms with E-state index in [1.54, 1.807) is 6.07 Å². The van der Waals surface area contributed by atoms with Crippen molar-refractivity contribution < 1.29 is 13.3 Å². The molecule has 2 aliphatic heterocycles. The second kappa shape index (κ2) is 10.9. The minimum absolute atomic E-state index is 0.00181. The summed E-state index contributed by atoms with van der Waals surface area (Å²) in [4.78, 5) is 15.8. The van der Waals surface area contributed by atoms with Gasteiger partial charge in [0, 0.05) is 38.8 Å². The number of hydrogen-bond acceptors (Lipinski definition) is 7. The maximum atomic E-state index is 13.0. The molecule has 0 aromatic heterocycles. The summed E-state index contributed by atoms with van der Waals surface area (Å²) < 4.78 is 27.5. The predicted molar refractivity (Wildman–Crippen MR) is 126 cm³/mol. The third kappa shape index (κ3) is 6.40. The summed E-state index contributed by atoms with van der Waals surface area (Å²) in [6, 6.07) is 4.25. The SMILES string of the molecule is C[C@H]1CCCN(S(=O)(=O)c2ccc(NCC3CCN(CCN(C)C)CC3)c([N+](=O)[O-])c2)C1. The molecule has 0 bridgehead atoms. The summed E-state index contributed by atoms with van der Waals surface area (Å²) >= 11 is 0. The third-order valence-corrected chi connectivity index (χ3v) is 8.44. The fourth-order valence-electron chi connectivity index (χ4n) is 4.50. The summed E-state index contributed by atoms with van der Waals surface area (Å²) in [5.74, 6) is 0.743. The number of likely N-dealkylation sites (tertiary alicyclic amines) is 1. The second-order valence-electron chi connectivity index (χ2n) is 9.52. The van der Waals surface area contributed by atoms with Gasteiger partial charge in [0.25, 0.3) is 5.69 Å². The molecule has 0 saturated carbocycles. The molecule has 2 heterocycles. The molecule has 0 aliphatic carbocycles. The van der Waals surface area contributed by atoms with Gasteiger partial charge in [-0.05, 0) is 76.8 Å². The molecular formula is C22H37N5O4S. The maximum Gasteiger partial charge on any atom is 0.293 e. The van der Waals surface area contributed by atoms with Gasteiger partial charge in [-0.1, -0.05) is 6.92 Å².